The van der Waals surface area contributed by atoms with Gasteiger partial charge in [0.2, 0.25) is 0 Å². The van der Waals surface area contributed by atoms with Crippen molar-refractivity contribution in [3.63, 3.8) is 0 Å². The predicted octanol–water partition coefficient (Wildman–Crippen LogP) is 2.96. The molecule has 0 bridgehead atoms. The topological polar surface area (TPSA) is 68.3 Å². The Kier molecular flexibility index (Phi) is 4.32. The smallest absolute Gasteiger partial charge is 0.132 e. The van der Waals surface area contributed by atoms with Crippen molar-refractivity contribution >= 4 is 17.4 Å². The third-order valence-corrected chi connectivity index (χ3v) is 3.51. The van der Waals surface area contributed by atoms with E-state index in [1.807, 2.05) is 13.8 Å². The Morgan fingerprint density at radius 3 is 2.58 bits per heavy atom. The Morgan fingerprint density at radius 1 is 1.37 bits per heavy atom. The summed E-state index contributed by atoms with van der Waals surface area (Å²) in [6.45, 7) is 4.08. The molecular weight excluding hydrogens is 264 g/mol. The standard InChI is InChI=1S/C14H19ClN2O2/c1-8-6-10(7-9(2)18-8)19-12-5-3-4-11(15)13(12)14(16)17/h3-5,8-10H,6-7H2,1-2H3,(H3,16,17). The highest BCUT2D eigenvalue weighted by Crippen LogP contribution is 2.30. The van der Waals surface area contributed by atoms with Gasteiger partial charge in [-0.3, -0.25) is 5.41 Å². The lowest BCUT2D eigenvalue weighted by Gasteiger charge is -2.32. The van der Waals surface area contributed by atoms with Gasteiger partial charge in [0.25, 0.3) is 0 Å². The van der Waals surface area contributed by atoms with Crippen LogP contribution in [0.5, 0.6) is 5.75 Å². The fraction of sp³-hybridized carbons (Fsp3) is 0.500. The maximum Gasteiger partial charge on any atom is 0.132 e. The number of nitrogens with one attached hydrogen (secondary N) is 1. The second-order valence-electron chi connectivity index (χ2n) is 5.00. The normalized spacial score (nSPS) is 27.0. The van der Waals surface area contributed by atoms with E-state index in [-0.39, 0.29) is 24.1 Å². The number of ether oxygens (including phenoxy) is 2. The molecule has 4 nitrogen and oxygen atoms in total. The molecule has 1 aromatic rings. The lowest BCUT2D eigenvalue weighted by atomic mass is 10.0. The van der Waals surface area contributed by atoms with Crippen LogP contribution in [0.4, 0.5) is 0 Å². The number of nitrogens with two attached hydrogens (primary N) is 1. The minimum absolute atomic E-state index is 0.0651. The maximum absolute atomic E-state index is 7.60. The van der Waals surface area contributed by atoms with Gasteiger partial charge in [0.05, 0.1) is 22.8 Å². The van der Waals surface area contributed by atoms with Gasteiger partial charge in [-0.25, -0.2) is 0 Å². The van der Waals surface area contributed by atoms with E-state index in [2.05, 4.69) is 0 Å². The zero-order valence-corrected chi connectivity index (χ0v) is 11.9. The van der Waals surface area contributed by atoms with E-state index >= 15 is 0 Å². The van der Waals surface area contributed by atoms with E-state index in [1.165, 1.54) is 0 Å². The first-order valence-corrected chi connectivity index (χ1v) is 6.80. The first-order chi connectivity index (χ1) is 8.97. The average molecular weight is 283 g/mol. The molecule has 1 fully saturated rings. The van der Waals surface area contributed by atoms with Gasteiger partial charge in [-0.2, -0.15) is 0 Å². The van der Waals surface area contributed by atoms with E-state index in [1.54, 1.807) is 18.2 Å². The summed E-state index contributed by atoms with van der Waals surface area (Å²) in [6.07, 6.45) is 2.07. The lowest BCUT2D eigenvalue weighted by Crippen LogP contribution is -2.36. The summed E-state index contributed by atoms with van der Waals surface area (Å²) in [7, 11) is 0. The molecule has 1 heterocycles. The third-order valence-electron chi connectivity index (χ3n) is 3.19. The van der Waals surface area contributed by atoms with Gasteiger partial charge in [-0.15, -0.1) is 0 Å². The van der Waals surface area contributed by atoms with Gasteiger partial charge >= 0.3 is 0 Å². The molecule has 2 unspecified atom stereocenters. The number of hydrogen-bond acceptors (Lipinski definition) is 3. The fourth-order valence-corrected chi connectivity index (χ4v) is 2.75. The number of halogens is 1. The molecule has 1 saturated heterocycles. The van der Waals surface area contributed by atoms with Crippen LogP contribution in [0.1, 0.15) is 32.3 Å². The largest absolute Gasteiger partial charge is 0.489 e. The first kappa shape index (κ1) is 14.2. The molecular formula is C14H19ClN2O2. The fourth-order valence-electron chi connectivity index (χ4n) is 2.48. The molecule has 5 heteroatoms. The first-order valence-electron chi connectivity index (χ1n) is 6.42. The van der Waals surface area contributed by atoms with Crippen LogP contribution < -0.4 is 10.5 Å². The highest BCUT2D eigenvalue weighted by molar-refractivity contribution is 6.34. The van der Waals surface area contributed by atoms with E-state index in [0.29, 0.717) is 16.3 Å². The van der Waals surface area contributed by atoms with Crippen molar-refractivity contribution < 1.29 is 9.47 Å². The zero-order chi connectivity index (χ0) is 14.0. The van der Waals surface area contributed by atoms with Crippen LogP contribution in [0.25, 0.3) is 0 Å². The summed E-state index contributed by atoms with van der Waals surface area (Å²) in [5.41, 5.74) is 6.04. The van der Waals surface area contributed by atoms with Crippen molar-refractivity contribution in [3.05, 3.63) is 28.8 Å². The zero-order valence-electron chi connectivity index (χ0n) is 11.2. The molecule has 104 valence electrons. The summed E-state index contributed by atoms with van der Waals surface area (Å²) in [5.74, 6) is 0.500. The number of rotatable bonds is 3. The monoisotopic (exact) mass is 282 g/mol. The van der Waals surface area contributed by atoms with E-state index in [9.17, 15) is 0 Å². The van der Waals surface area contributed by atoms with Crippen molar-refractivity contribution in [1.29, 1.82) is 5.41 Å². The van der Waals surface area contributed by atoms with E-state index < -0.39 is 0 Å². The average Bonchev–Trinajstić information content (AvgIpc) is 2.26. The van der Waals surface area contributed by atoms with Crippen molar-refractivity contribution in [2.45, 2.75) is 45.0 Å². The van der Waals surface area contributed by atoms with Gasteiger partial charge in [-0.05, 0) is 26.0 Å². The molecule has 0 amide bonds. The Hall–Kier alpha value is -1.26. The summed E-state index contributed by atoms with van der Waals surface area (Å²) in [5, 5.41) is 8.04. The minimum Gasteiger partial charge on any atom is -0.489 e. The van der Waals surface area contributed by atoms with Crippen molar-refractivity contribution in [3.8, 4) is 5.75 Å². The summed E-state index contributed by atoms with van der Waals surface area (Å²) >= 11 is 6.07. The van der Waals surface area contributed by atoms with Crippen molar-refractivity contribution in [2.24, 2.45) is 5.73 Å². The molecule has 0 aromatic heterocycles. The van der Waals surface area contributed by atoms with Crippen molar-refractivity contribution in [1.82, 2.24) is 0 Å². The number of amidine groups is 1. The van der Waals surface area contributed by atoms with E-state index in [0.717, 1.165) is 12.8 Å². The van der Waals surface area contributed by atoms with Gasteiger partial charge in [0.15, 0.2) is 0 Å². The Bertz CT molecular complexity index is 469. The van der Waals surface area contributed by atoms with Crippen LogP contribution in [0.3, 0.4) is 0 Å². The maximum atomic E-state index is 7.60. The SMILES string of the molecule is CC1CC(Oc2cccc(Cl)c2C(=N)N)CC(C)O1. The van der Waals surface area contributed by atoms with Crippen LogP contribution >= 0.6 is 11.6 Å². The Balaban J connectivity index is 2.19. The van der Waals surface area contributed by atoms with Crippen LogP contribution in [-0.2, 0) is 4.74 Å². The number of hydrogen-bond donors (Lipinski definition) is 2. The Morgan fingerprint density at radius 2 is 2.00 bits per heavy atom. The van der Waals surface area contributed by atoms with Gasteiger partial charge in [0.1, 0.15) is 17.7 Å². The quantitative estimate of drug-likeness (QED) is 0.661. The molecule has 19 heavy (non-hydrogen) atoms. The van der Waals surface area contributed by atoms with Crippen LogP contribution in [0, 0.1) is 5.41 Å². The van der Waals surface area contributed by atoms with E-state index in [4.69, 9.17) is 32.2 Å². The summed E-state index contributed by atoms with van der Waals surface area (Å²) in [6, 6.07) is 5.31. The molecule has 0 aliphatic carbocycles. The minimum atomic E-state index is -0.0752. The van der Waals surface area contributed by atoms with Crippen LogP contribution in [0.2, 0.25) is 5.02 Å². The molecule has 2 rings (SSSR count). The highest BCUT2D eigenvalue weighted by atomic mass is 35.5. The van der Waals surface area contributed by atoms with Gasteiger partial charge in [0, 0.05) is 12.8 Å². The van der Waals surface area contributed by atoms with Gasteiger partial charge in [-0.1, -0.05) is 17.7 Å². The van der Waals surface area contributed by atoms with Crippen molar-refractivity contribution in [2.75, 3.05) is 0 Å². The second-order valence-corrected chi connectivity index (χ2v) is 5.40. The molecule has 2 atom stereocenters. The molecule has 1 aliphatic rings. The number of benzene rings is 1. The summed E-state index contributed by atoms with van der Waals surface area (Å²) < 4.78 is 11.7. The predicted molar refractivity (Wildman–Crippen MR) is 76.1 cm³/mol. The third kappa shape index (κ3) is 3.39. The molecule has 0 spiro atoms. The molecule has 1 aromatic carbocycles. The molecule has 3 N–H and O–H groups in total. The van der Waals surface area contributed by atoms with Crippen LogP contribution in [0.15, 0.2) is 18.2 Å². The highest BCUT2D eigenvalue weighted by Gasteiger charge is 2.26. The molecule has 0 saturated carbocycles. The van der Waals surface area contributed by atoms with Crippen LogP contribution in [-0.4, -0.2) is 24.1 Å². The second kappa shape index (κ2) is 5.80. The molecule has 0 radical (unpaired) electrons. The van der Waals surface area contributed by atoms with Gasteiger partial charge < -0.3 is 15.2 Å². The molecule has 1 aliphatic heterocycles. The summed E-state index contributed by atoms with van der Waals surface area (Å²) in [4.78, 5) is 0. The number of nitrogen functional groups attached to an aromatic ring is 1. The Labute approximate surface area is 118 Å². The lowest BCUT2D eigenvalue weighted by molar-refractivity contribution is -0.0721.